The fraction of sp³-hybridized carbons (Fsp3) is 0.200. The van der Waals surface area contributed by atoms with Crippen molar-refractivity contribution in [3.63, 3.8) is 0 Å². The molecule has 0 unspecified atom stereocenters. The van der Waals surface area contributed by atoms with E-state index in [1.807, 2.05) is 41.8 Å². The lowest BCUT2D eigenvalue weighted by molar-refractivity contribution is -0.115. The average molecular weight is 352 g/mol. The number of ether oxygens (including phenoxy) is 1. The highest BCUT2D eigenvalue weighted by atomic mass is 32.1. The normalized spacial score (nSPS) is 10.6. The zero-order chi connectivity index (χ0) is 17.6. The van der Waals surface area contributed by atoms with Gasteiger partial charge in [-0.15, -0.1) is 11.3 Å². The molecule has 4 nitrogen and oxygen atoms in total. The summed E-state index contributed by atoms with van der Waals surface area (Å²) in [5, 5.41) is 5.80. The smallest absolute Gasteiger partial charge is 0.230 e. The number of benzene rings is 2. The molecule has 3 aromatic rings. The molecule has 1 amide bonds. The number of methoxy groups -OCH3 is 1. The second-order valence-electron chi connectivity index (χ2n) is 5.87. The minimum atomic E-state index is -0.0735. The van der Waals surface area contributed by atoms with Gasteiger partial charge in [0.1, 0.15) is 5.01 Å². The number of carbonyl (C=O) groups is 1. The first-order valence-electron chi connectivity index (χ1n) is 8.03. The van der Waals surface area contributed by atoms with Crippen LogP contribution in [0.2, 0.25) is 0 Å². The maximum atomic E-state index is 12.3. The Morgan fingerprint density at radius 3 is 2.84 bits per heavy atom. The fourth-order valence-corrected chi connectivity index (χ4v) is 3.39. The maximum Gasteiger partial charge on any atom is 0.230 e. The van der Waals surface area contributed by atoms with Gasteiger partial charge in [-0.3, -0.25) is 4.79 Å². The first kappa shape index (κ1) is 17.3. The van der Waals surface area contributed by atoms with Crippen LogP contribution in [0.3, 0.4) is 0 Å². The zero-order valence-electron chi connectivity index (χ0n) is 14.3. The van der Waals surface area contributed by atoms with Gasteiger partial charge in [0, 0.05) is 23.7 Å². The van der Waals surface area contributed by atoms with E-state index in [2.05, 4.69) is 29.4 Å². The summed E-state index contributed by atoms with van der Waals surface area (Å²) >= 11 is 1.56. The monoisotopic (exact) mass is 352 g/mol. The summed E-state index contributed by atoms with van der Waals surface area (Å²) in [4.78, 5) is 16.9. The van der Waals surface area contributed by atoms with Crippen molar-refractivity contribution in [2.45, 2.75) is 20.0 Å². The first-order chi connectivity index (χ1) is 12.1. The zero-order valence-corrected chi connectivity index (χ0v) is 15.1. The topological polar surface area (TPSA) is 51.2 Å². The van der Waals surface area contributed by atoms with E-state index < -0.39 is 0 Å². The number of hydrogen-bond acceptors (Lipinski definition) is 4. The summed E-state index contributed by atoms with van der Waals surface area (Å²) in [7, 11) is 1.65. The summed E-state index contributed by atoms with van der Waals surface area (Å²) in [6.07, 6.45) is 0.261. The molecule has 25 heavy (non-hydrogen) atoms. The Hall–Kier alpha value is -2.50. The van der Waals surface area contributed by atoms with Gasteiger partial charge in [0.05, 0.1) is 18.7 Å². The Morgan fingerprint density at radius 2 is 2.04 bits per heavy atom. The molecule has 0 aliphatic heterocycles. The van der Waals surface area contributed by atoms with Crippen LogP contribution >= 0.6 is 11.3 Å². The number of nitrogens with zero attached hydrogens (tertiary/aromatic N) is 1. The molecule has 0 bridgehead atoms. The van der Waals surface area contributed by atoms with Gasteiger partial charge in [0.25, 0.3) is 0 Å². The lowest BCUT2D eigenvalue weighted by Crippen LogP contribution is -2.14. The molecule has 0 saturated heterocycles. The molecule has 3 rings (SSSR count). The van der Waals surface area contributed by atoms with Crippen LogP contribution in [0.4, 0.5) is 5.69 Å². The Morgan fingerprint density at radius 1 is 1.20 bits per heavy atom. The number of rotatable bonds is 6. The molecule has 1 heterocycles. The van der Waals surface area contributed by atoms with Crippen LogP contribution in [0, 0.1) is 6.92 Å². The molecule has 0 spiro atoms. The quantitative estimate of drug-likeness (QED) is 0.713. The number of nitrogens with one attached hydrogen (secondary N) is 1. The number of aromatic nitrogens is 1. The molecule has 1 N–H and O–H groups in total. The van der Waals surface area contributed by atoms with Crippen LogP contribution in [0.25, 0.3) is 10.6 Å². The number of thiazole rings is 1. The predicted molar refractivity (Wildman–Crippen MR) is 102 cm³/mol. The van der Waals surface area contributed by atoms with E-state index in [0.717, 1.165) is 27.5 Å². The van der Waals surface area contributed by atoms with Crippen LogP contribution in [0.5, 0.6) is 0 Å². The van der Waals surface area contributed by atoms with E-state index in [1.165, 1.54) is 5.56 Å². The highest BCUT2D eigenvalue weighted by Crippen LogP contribution is 2.24. The Balaban J connectivity index is 1.65. The fourth-order valence-electron chi connectivity index (χ4n) is 2.57. The van der Waals surface area contributed by atoms with E-state index in [4.69, 9.17) is 4.74 Å². The van der Waals surface area contributed by atoms with Gasteiger partial charge in [-0.2, -0.15) is 0 Å². The van der Waals surface area contributed by atoms with Crippen molar-refractivity contribution in [2.75, 3.05) is 12.4 Å². The standard InChI is InChI=1S/C20H20N2O2S/c1-14-5-3-7-16(9-14)20-22-18(13-25-20)11-19(23)21-17-8-4-6-15(10-17)12-24-2/h3-10,13H,11-12H2,1-2H3,(H,21,23). The Labute approximate surface area is 151 Å². The molecule has 0 saturated carbocycles. The number of amides is 1. The van der Waals surface area contributed by atoms with Crippen molar-refractivity contribution in [3.8, 4) is 10.6 Å². The highest BCUT2D eigenvalue weighted by molar-refractivity contribution is 7.13. The molecule has 1 aromatic heterocycles. The molecule has 2 aromatic carbocycles. The molecule has 0 radical (unpaired) electrons. The average Bonchev–Trinajstić information content (AvgIpc) is 3.04. The second kappa shape index (κ2) is 8.05. The van der Waals surface area contributed by atoms with Gasteiger partial charge in [0.2, 0.25) is 5.91 Å². The Bertz CT molecular complexity index is 873. The largest absolute Gasteiger partial charge is 0.380 e. The van der Waals surface area contributed by atoms with Crippen LogP contribution in [-0.4, -0.2) is 18.0 Å². The van der Waals surface area contributed by atoms with Crippen molar-refractivity contribution in [1.82, 2.24) is 4.98 Å². The van der Waals surface area contributed by atoms with E-state index >= 15 is 0 Å². The SMILES string of the molecule is COCc1cccc(NC(=O)Cc2csc(-c3cccc(C)c3)n2)c1. The molecular formula is C20H20N2O2S. The first-order valence-corrected chi connectivity index (χ1v) is 8.91. The third-order valence-electron chi connectivity index (χ3n) is 3.68. The lowest BCUT2D eigenvalue weighted by Gasteiger charge is -2.06. The van der Waals surface area contributed by atoms with Gasteiger partial charge in [-0.05, 0) is 30.7 Å². The highest BCUT2D eigenvalue weighted by Gasteiger charge is 2.10. The minimum absolute atomic E-state index is 0.0735. The predicted octanol–water partition coefficient (Wildman–Crippen LogP) is 4.45. The number of carbonyl (C=O) groups excluding carboxylic acids is 1. The summed E-state index contributed by atoms with van der Waals surface area (Å²) in [5.74, 6) is -0.0735. The van der Waals surface area contributed by atoms with Gasteiger partial charge >= 0.3 is 0 Å². The summed E-state index contributed by atoms with van der Waals surface area (Å²) in [6.45, 7) is 2.58. The van der Waals surface area contributed by atoms with Crippen LogP contribution in [0.1, 0.15) is 16.8 Å². The van der Waals surface area contributed by atoms with Crippen molar-refractivity contribution in [2.24, 2.45) is 0 Å². The second-order valence-corrected chi connectivity index (χ2v) is 6.73. The number of anilines is 1. The van der Waals surface area contributed by atoms with Gasteiger partial charge in [0.15, 0.2) is 0 Å². The molecule has 0 aliphatic carbocycles. The molecule has 5 heteroatoms. The van der Waals surface area contributed by atoms with Crippen LogP contribution < -0.4 is 5.32 Å². The van der Waals surface area contributed by atoms with E-state index in [0.29, 0.717) is 6.61 Å². The number of hydrogen-bond donors (Lipinski definition) is 1. The van der Waals surface area contributed by atoms with Crippen LogP contribution in [-0.2, 0) is 22.6 Å². The van der Waals surface area contributed by atoms with Crippen molar-refractivity contribution in [1.29, 1.82) is 0 Å². The molecular weight excluding hydrogens is 332 g/mol. The minimum Gasteiger partial charge on any atom is -0.380 e. The maximum absolute atomic E-state index is 12.3. The van der Waals surface area contributed by atoms with Gasteiger partial charge in [-0.1, -0.05) is 35.9 Å². The van der Waals surface area contributed by atoms with Crippen molar-refractivity contribution < 1.29 is 9.53 Å². The molecule has 0 aliphatic rings. The molecule has 128 valence electrons. The van der Waals surface area contributed by atoms with Crippen molar-refractivity contribution >= 4 is 22.9 Å². The van der Waals surface area contributed by atoms with Gasteiger partial charge in [-0.25, -0.2) is 4.98 Å². The summed E-state index contributed by atoms with van der Waals surface area (Å²) < 4.78 is 5.12. The molecule has 0 fully saturated rings. The summed E-state index contributed by atoms with van der Waals surface area (Å²) in [5.41, 5.74) is 4.86. The Kier molecular flexibility index (Phi) is 5.58. The third-order valence-corrected chi connectivity index (χ3v) is 4.62. The van der Waals surface area contributed by atoms with E-state index in [-0.39, 0.29) is 12.3 Å². The van der Waals surface area contributed by atoms with Crippen LogP contribution in [0.15, 0.2) is 53.9 Å². The lowest BCUT2D eigenvalue weighted by atomic mass is 10.1. The van der Waals surface area contributed by atoms with E-state index in [1.54, 1.807) is 18.4 Å². The number of aryl methyl sites for hydroxylation is 1. The van der Waals surface area contributed by atoms with Crippen molar-refractivity contribution in [3.05, 3.63) is 70.7 Å². The van der Waals surface area contributed by atoms with Gasteiger partial charge < -0.3 is 10.1 Å². The third kappa shape index (κ3) is 4.75. The van der Waals surface area contributed by atoms with E-state index in [9.17, 15) is 4.79 Å². The summed E-state index contributed by atoms with van der Waals surface area (Å²) in [6, 6.07) is 15.9. The molecule has 0 atom stereocenters.